The Balaban J connectivity index is 1.60. The highest BCUT2D eigenvalue weighted by Crippen LogP contribution is 2.26. The number of benzene rings is 2. The molecule has 0 aliphatic heterocycles. The van der Waals surface area contributed by atoms with Crippen LogP contribution in [0.3, 0.4) is 0 Å². The Morgan fingerprint density at radius 3 is 2.50 bits per heavy atom. The molecule has 0 saturated heterocycles. The third-order valence-corrected chi connectivity index (χ3v) is 6.36. The number of anilines is 2. The highest BCUT2D eigenvalue weighted by atomic mass is 35.5. The molecule has 3 aromatic rings. The van der Waals surface area contributed by atoms with Crippen molar-refractivity contribution in [3.05, 3.63) is 62.9 Å². The molecule has 0 bridgehead atoms. The number of amides is 2. The molecule has 1 heterocycles. The second kappa shape index (κ2) is 11.0. The number of rotatable bonds is 8. The summed E-state index contributed by atoms with van der Waals surface area (Å²) in [5.74, 6) is 0.0935. The number of hydrogen-bond donors (Lipinski definition) is 2. The molecule has 0 fully saturated rings. The molecule has 32 heavy (non-hydrogen) atoms. The number of nitrogens with one attached hydrogen (secondary N) is 2. The largest absolute Gasteiger partial charge is 0.326 e. The van der Waals surface area contributed by atoms with Crippen LogP contribution >= 0.6 is 46.6 Å². The number of aryl methyl sites for hydroxylation is 1. The van der Waals surface area contributed by atoms with Gasteiger partial charge in [0.15, 0.2) is 5.16 Å². The number of hydrogen-bond acceptors (Lipinski definition) is 5. The summed E-state index contributed by atoms with van der Waals surface area (Å²) in [6.07, 6.45) is 0.0389. The van der Waals surface area contributed by atoms with Crippen LogP contribution in [0.15, 0.2) is 41.6 Å². The van der Waals surface area contributed by atoms with E-state index in [0.717, 1.165) is 5.56 Å². The topological polar surface area (TPSA) is 88.9 Å². The van der Waals surface area contributed by atoms with Crippen molar-refractivity contribution < 1.29 is 9.59 Å². The van der Waals surface area contributed by atoms with E-state index in [2.05, 4.69) is 20.8 Å². The number of nitrogens with zero attached hydrogens (tertiary/aromatic N) is 3. The van der Waals surface area contributed by atoms with Crippen LogP contribution in [0.1, 0.15) is 18.3 Å². The number of halogens is 3. The first kappa shape index (κ1) is 24.4. The molecule has 0 spiro atoms. The summed E-state index contributed by atoms with van der Waals surface area (Å²) in [5, 5.41) is 15.8. The molecule has 0 aliphatic rings. The zero-order chi connectivity index (χ0) is 23.3. The lowest BCUT2D eigenvalue weighted by Gasteiger charge is -2.09. The van der Waals surface area contributed by atoms with Crippen molar-refractivity contribution in [2.75, 3.05) is 16.4 Å². The minimum atomic E-state index is -0.264. The molecule has 2 amide bonds. The third-order valence-electron chi connectivity index (χ3n) is 4.42. The zero-order valence-electron chi connectivity index (χ0n) is 17.3. The van der Waals surface area contributed by atoms with Crippen LogP contribution in [0.25, 0.3) is 0 Å². The van der Waals surface area contributed by atoms with Crippen molar-refractivity contribution in [1.29, 1.82) is 0 Å². The summed E-state index contributed by atoms with van der Waals surface area (Å²) in [7, 11) is 0. The van der Waals surface area contributed by atoms with Gasteiger partial charge in [0.1, 0.15) is 5.82 Å². The van der Waals surface area contributed by atoms with E-state index in [1.165, 1.54) is 11.8 Å². The van der Waals surface area contributed by atoms with Crippen molar-refractivity contribution in [3.63, 3.8) is 0 Å². The van der Waals surface area contributed by atoms with Gasteiger partial charge in [-0.05, 0) is 49.7 Å². The predicted molar refractivity (Wildman–Crippen MR) is 130 cm³/mol. The van der Waals surface area contributed by atoms with Gasteiger partial charge in [0.2, 0.25) is 11.8 Å². The van der Waals surface area contributed by atoms with Crippen LogP contribution in [0.4, 0.5) is 11.4 Å². The van der Waals surface area contributed by atoms with Crippen LogP contribution in [0, 0.1) is 6.92 Å². The van der Waals surface area contributed by atoms with Gasteiger partial charge in [-0.15, -0.1) is 10.2 Å². The standard InChI is InChI=1S/C21H20Cl3N5O2S/c1-3-29-18(10-19(30)25-14-6-4-12(2)16(24)9-14)27-28-21(29)32-11-20(31)26-17-8-13(22)5-7-15(17)23/h4-9H,3,10-11H2,1-2H3,(H,25,30)(H,26,31). The number of carbonyl (C=O) groups excluding carboxylic acids is 2. The maximum Gasteiger partial charge on any atom is 0.234 e. The van der Waals surface area contributed by atoms with E-state index in [1.807, 2.05) is 19.9 Å². The van der Waals surface area contributed by atoms with Crippen molar-refractivity contribution in [2.24, 2.45) is 0 Å². The van der Waals surface area contributed by atoms with Gasteiger partial charge in [0, 0.05) is 22.3 Å². The summed E-state index contributed by atoms with van der Waals surface area (Å²) >= 11 is 19.4. The molecule has 2 N–H and O–H groups in total. The lowest BCUT2D eigenvalue weighted by atomic mass is 10.2. The average molecular weight is 513 g/mol. The maximum absolute atomic E-state index is 12.5. The van der Waals surface area contributed by atoms with E-state index in [0.29, 0.717) is 44.0 Å². The third kappa shape index (κ3) is 6.38. The Labute approximate surface area is 204 Å². The quantitative estimate of drug-likeness (QED) is 0.390. The molecule has 168 valence electrons. The fourth-order valence-electron chi connectivity index (χ4n) is 2.80. The minimum absolute atomic E-state index is 0.0389. The minimum Gasteiger partial charge on any atom is -0.326 e. The molecule has 0 saturated carbocycles. The van der Waals surface area contributed by atoms with E-state index in [9.17, 15) is 9.59 Å². The van der Waals surface area contributed by atoms with Gasteiger partial charge >= 0.3 is 0 Å². The Morgan fingerprint density at radius 1 is 1.00 bits per heavy atom. The lowest BCUT2D eigenvalue weighted by Crippen LogP contribution is -2.18. The van der Waals surface area contributed by atoms with E-state index < -0.39 is 0 Å². The SMILES string of the molecule is CCn1c(CC(=O)Nc2ccc(C)c(Cl)c2)nnc1SCC(=O)Nc1cc(Cl)ccc1Cl. The summed E-state index contributed by atoms with van der Waals surface area (Å²) < 4.78 is 1.80. The summed E-state index contributed by atoms with van der Waals surface area (Å²) in [4.78, 5) is 24.8. The first-order valence-corrected chi connectivity index (χ1v) is 11.7. The second-order valence-electron chi connectivity index (χ2n) is 6.79. The van der Waals surface area contributed by atoms with E-state index >= 15 is 0 Å². The molecular formula is C21H20Cl3N5O2S. The Hall–Kier alpha value is -2.26. The van der Waals surface area contributed by atoms with Crippen LogP contribution in [-0.4, -0.2) is 32.3 Å². The van der Waals surface area contributed by atoms with Crippen LogP contribution in [0.2, 0.25) is 15.1 Å². The first-order chi connectivity index (χ1) is 15.3. The van der Waals surface area contributed by atoms with Crippen molar-refractivity contribution in [3.8, 4) is 0 Å². The van der Waals surface area contributed by atoms with Gasteiger partial charge in [-0.1, -0.05) is 52.6 Å². The maximum atomic E-state index is 12.5. The van der Waals surface area contributed by atoms with Gasteiger partial charge in [-0.3, -0.25) is 9.59 Å². The molecule has 0 aliphatic carbocycles. The van der Waals surface area contributed by atoms with Crippen LogP contribution in [0.5, 0.6) is 0 Å². The fourth-order valence-corrected chi connectivity index (χ4v) is 4.14. The smallest absolute Gasteiger partial charge is 0.234 e. The van der Waals surface area contributed by atoms with Gasteiger partial charge in [0.25, 0.3) is 0 Å². The Bertz CT molecular complexity index is 1150. The molecule has 0 radical (unpaired) electrons. The molecule has 7 nitrogen and oxygen atoms in total. The van der Waals surface area contributed by atoms with Crippen molar-refractivity contribution in [2.45, 2.75) is 32.0 Å². The highest BCUT2D eigenvalue weighted by Gasteiger charge is 2.17. The summed E-state index contributed by atoms with van der Waals surface area (Å²) in [6.45, 7) is 4.36. The summed E-state index contributed by atoms with van der Waals surface area (Å²) in [5.41, 5.74) is 1.98. The normalized spacial score (nSPS) is 10.8. The first-order valence-electron chi connectivity index (χ1n) is 9.62. The fraction of sp³-hybridized carbons (Fsp3) is 0.238. The molecule has 11 heteroatoms. The summed E-state index contributed by atoms with van der Waals surface area (Å²) in [6, 6.07) is 10.2. The zero-order valence-corrected chi connectivity index (χ0v) is 20.4. The second-order valence-corrected chi connectivity index (χ2v) is 8.99. The molecule has 2 aromatic carbocycles. The predicted octanol–water partition coefficient (Wildman–Crippen LogP) is 5.48. The highest BCUT2D eigenvalue weighted by molar-refractivity contribution is 7.99. The van der Waals surface area contributed by atoms with E-state index in [1.54, 1.807) is 34.9 Å². The Morgan fingerprint density at radius 2 is 1.78 bits per heavy atom. The molecule has 0 unspecified atom stereocenters. The van der Waals surface area contributed by atoms with Crippen LogP contribution < -0.4 is 10.6 Å². The van der Waals surface area contributed by atoms with Crippen molar-refractivity contribution in [1.82, 2.24) is 14.8 Å². The lowest BCUT2D eigenvalue weighted by molar-refractivity contribution is -0.116. The van der Waals surface area contributed by atoms with Gasteiger partial charge in [0.05, 0.1) is 22.9 Å². The monoisotopic (exact) mass is 511 g/mol. The molecule has 1 aromatic heterocycles. The average Bonchev–Trinajstić information content (AvgIpc) is 3.13. The van der Waals surface area contributed by atoms with Crippen LogP contribution in [-0.2, 0) is 22.6 Å². The molecular weight excluding hydrogens is 493 g/mol. The Kier molecular flexibility index (Phi) is 8.42. The van der Waals surface area contributed by atoms with Gasteiger partial charge in [-0.2, -0.15) is 0 Å². The molecule has 0 atom stereocenters. The number of carbonyl (C=O) groups is 2. The molecule has 3 rings (SSSR count). The van der Waals surface area contributed by atoms with E-state index in [4.69, 9.17) is 34.8 Å². The number of aromatic nitrogens is 3. The van der Waals surface area contributed by atoms with Gasteiger partial charge in [-0.25, -0.2) is 0 Å². The van der Waals surface area contributed by atoms with E-state index in [-0.39, 0.29) is 24.0 Å². The van der Waals surface area contributed by atoms with Gasteiger partial charge < -0.3 is 15.2 Å². The van der Waals surface area contributed by atoms with Crippen molar-refractivity contribution >= 4 is 69.8 Å². The number of thioether (sulfide) groups is 1.